The Morgan fingerprint density at radius 3 is 2.64 bits per heavy atom. The number of likely N-dealkylation sites (N-methyl/N-ethyl adjacent to an activating group) is 1. The van der Waals surface area contributed by atoms with Crippen LogP contribution in [0.4, 0.5) is 0 Å². The molecule has 0 bridgehead atoms. The number of aromatic nitrogens is 2. The molecule has 2 fully saturated rings. The Hall–Kier alpha value is -2.70. The van der Waals surface area contributed by atoms with Gasteiger partial charge in [0.2, 0.25) is 0 Å². The van der Waals surface area contributed by atoms with Gasteiger partial charge in [0.15, 0.2) is 0 Å². The molecule has 6 nitrogen and oxygen atoms in total. The summed E-state index contributed by atoms with van der Waals surface area (Å²) in [6.07, 6.45) is 5.32. The molecule has 1 saturated carbocycles. The van der Waals surface area contributed by atoms with Crippen molar-refractivity contribution in [3.8, 4) is 0 Å². The van der Waals surface area contributed by atoms with Crippen molar-refractivity contribution in [2.24, 2.45) is 5.92 Å². The molecule has 33 heavy (non-hydrogen) atoms. The van der Waals surface area contributed by atoms with E-state index in [9.17, 15) is 4.79 Å². The molecule has 0 radical (unpaired) electrons. The summed E-state index contributed by atoms with van der Waals surface area (Å²) in [5.41, 5.74) is 6.27. The predicted molar refractivity (Wildman–Crippen MR) is 133 cm³/mol. The van der Waals surface area contributed by atoms with Crippen molar-refractivity contribution in [2.75, 3.05) is 39.8 Å². The van der Waals surface area contributed by atoms with Crippen molar-refractivity contribution >= 4 is 16.8 Å². The number of hydrogen-bond acceptors (Lipinski definition) is 4. The number of para-hydroxylation sites is 1. The van der Waals surface area contributed by atoms with Crippen LogP contribution in [0, 0.1) is 19.8 Å². The monoisotopic (exact) mass is 445 g/mol. The predicted octanol–water partition coefficient (Wildman–Crippen LogP) is 3.85. The van der Waals surface area contributed by atoms with E-state index in [4.69, 9.17) is 4.98 Å². The Morgan fingerprint density at radius 1 is 1.15 bits per heavy atom. The molecule has 1 amide bonds. The number of benzene rings is 1. The third kappa shape index (κ3) is 4.97. The number of amides is 1. The number of hydrogen-bond donors (Lipinski definition) is 2. The highest BCUT2D eigenvalue weighted by Crippen LogP contribution is 2.41. The van der Waals surface area contributed by atoms with Gasteiger partial charge in [0.1, 0.15) is 5.69 Å². The van der Waals surface area contributed by atoms with E-state index in [-0.39, 0.29) is 11.9 Å². The molecule has 1 unspecified atom stereocenters. The molecule has 5 rings (SSSR count). The quantitative estimate of drug-likeness (QED) is 0.580. The van der Waals surface area contributed by atoms with E-state index in [1.807, 2.05) is 24.4 Å². The van der Waals surface area contributed by atoms with Gasteiger partial charge in [-0.1, -0.05) is 24.3 Å². The second-order valence-electron chi connectivity index (χ2n) is 9.95. The number of nitrogens with one attached hydrogen (secondary N) is 2. The normalized spacial score (nSPS) is 18.5. The summed E-state index contributed by atoms with van der Waals surface area (Å²) in [6, 6.07) is 10.3. The molecule has 1 atom stereocenters. The number of nitrogens with zero attached hydrogens (tertiary/aromatic N) is 3. The highest BCUT2D eigenvalue weighted by Gasteiger charge is 2.35. The van der Waals surface area contributed by atoms with Crippen LogP contribution in [0.15, 0.2) is 36.5 Å². The van der Waals surface area contributed by atoms with Crippen molar-refractivity contribution in [1.29, 1.82) is 0 Å². The lowest BCUT2D eigenvalue weighted by Crippen LogP contribution is -2.45. The molecule has 1 saturated heterocycles. The second kappa shape index (κ2) is 9.27. The van der Waals surface area contributed by atoms with Crippen molar-refractivity contribution in [3.05, 3.63) is 64.6 Å². The third-order valence-corrected chi connectivity index (χ3v) is 7.27. The number of carbonyl (C=O) groups excluding carboxylic acids is 1. The number of pyridine rings is 1. The number of aromatic amines is 1. The van der Waals surface area contributed by atoms with Crippen molar-refractivity contribution in [2.45, 2.75) is 39.2 Å². The number of piperazine rings is 1. The topological polar surface area (TPSA) is 64.3 Å². The molecule has 2 aliphatic rings. The lowest BCUT2D eigenvalue weighted by Gasteiger charge is -2.32. The number of fused-ring (bicyclic) bond motifs is 1. The van der Waals surface area contributed by atoms with Crippen LogP contribution in [0.3, 0.4) is 0 Å². The third-order valence-electron chi connectivity index (χ3n) is 7.27. The van der Waals surface area contributed by atoms with Gasteiger partial charge in [-0.2, -0.15) is 0 Å². The molecule has 1 aromatic carbocycles. The zero-order valence-electron chi connectivity index (χ0n) is 20.0. The first-order valence-corrected chi connectivity index (χ1v) is 12.2. The first-order chi connectivity index (χ1) is 16.0. The van der Waals surface area contributed by atoms with Gasteiger partial charge < -0.3 is 20.1 Å². The van der Waals surface area contributed by atoms with Gasteiger partial charge in [-0.15, -0.1) is 0 Å². The van der Waals surface area contributed by atoms with Crippen LogP contribution in [0.1, 0.15) is 51.8 Å². The summed E-state index contributed by atoms with van der Waals surface area (Å²) in [4.78, 5) is 26.3. The molecular formula is C27H35N5O. The number of aryl methyl sites for hydroxylation is 2. The Labute approximate surface area is 196 Å². The summed E-state index contributed by atoms with van der Waals surface area (Å²) in [5.74, 6) is 0.422. The lowest BCUT2D eigenvalue weighted by molar-refractivity contribution is 0.0926. The SMILES string of the molecule is Cc1cc(CCN2CCN(C)CC2)cnc1C(NC(=O)c1cc2cccc(C)c2[nH]1)C1CC1. The maximum absolute atomic E-state index is 13.1. The zero-order valence-corrected chi connectivity index (χ0v) is 20.0. The molecule has 3 heterocycles. The lowest BCUT2D eigenvalue weighted by atomic mass is 10.0. The molecule has 2 aromatic heterocycles. The number of H-pyrrole nitrogens is 1. The van der Waals surface area contributed by atoms with E-state index in [1.54, 1.807) is 0 Å². The average molecular weight is 446 g/mol. The summed E-state index contributed by atoms with van der Waals surface area (Å²) in [5, 5.41) is 4.37. The highest BCUT2D eigenvalue weighted by molar-refractivity contribution is 5.98. The van der Waals surface area contributed by atoms with E-state index in [2.05, 4.69) is 53.1 Å². The minimum Gasteiger partial charge on any atom is -0.350 e. The average Bonchev–Trinajstić information content (AvgIpc) is 3.55. The van der Waals surface area contributed by atoms with Crippen LogP contribution >= 0.6 is 0 Å². The van der Waals surface area contributed by atoms with Crippen LogP contribution in [-0.2, 0) is 6.42 Å². The first kappa shape index (κ1) is 22.1. The summed E-state index contributed by atoms with van der Waals surface area (Å²) in [7, 11) is 2.19. The van der Waals surface area contributed by atoms with E-state index in [1.165, 1.54) is 11.1 Å². The molecule has 6 heteroatoms. The maximum Gasteiger partial charge on any atom is 0.268 e. The fraction of sp³-hybridized carbons (Fsp3) is 0.481. The van der Waals surface area contributed by atoms with E-state index < -0.39 is 0 Å². The highest BCUT2D eigenvalue weighted by atomic mass is 16.2. The van der Waals surface area contributed by atoms with Gasteiger partial charge in [0.05, 0.1) is 11.7 Å². The van der Waals surface area contributed by atoms with E-state index in [0.29, 0.717) is 11.6 Å². The van der Waals surface area contributed by atoms with Crippen molar-refractivity contribution in [1.82, 2.24) is 25.1 Å². The minimum atomic E-state index is -0.0529. The van der Waals surface area contributed by atoms with E-state index >= 15 is 0 Å². The van der Waals surface area contributed by atoms with Crippen LogP contribution in [-0.4, -0.2) is 65.4 Å². The van der Waals surface area contributed by atoms with Gasteiger partial charge in [-0.3, -0.25) is 9.78 Å². The summed E-state index contributed by atoms with van der Waals surface area (Å²) in [6.45, 7) is 9.86. The van der Waals surface area contributed by atoms with E-state index in [0.717, 1.165) is 74.1 Å². The molecule has 1 aliphatic carbocycles. The Kier molecular flexibility index (Phi) is 6.21. The molecule has 2 N–H and O–H groups in total. The standard InChI is InChI=1S/C27H35N5O/c1-18-5-4-6-22-16-23(29-24(18)22)27(33)30-26(21-7-8-21)25-19(2)15-20(17-28-25)9-10-32-13-11-31(3)12-14-32/h4-6,15-17,21,26,29H,7-14H2,1-3H3,(H,30,33). The maximum atomic E-state index is 13.1. The largest absolute Gasteiger partial charge is 0.350 e. The Morgan fingerprint density at radius 2 is 1.94 bits per heavy atom. The van der Waals surface area contributed by atoms with Crippen LogP contribution in [0.25, 0.3) is 10.9 Å². The van der Waals surface area contributed by atoms with Gasteiger partial charge in [0.25, 0.3) is 5.91 Å². The molecule has 0 spiro atoms. The Balaban J connectivity index is 1.27. The molecule has 174 valence electrons. The van der Waals surface area contributed by atoms with Gasteiger partial charge in [-0.25, -0.2) is 0 Å². The Bertz CT molecular complexity index is 1140. The smallest absolute Gasteiger partial charge is 0.268 e. The number of rotatable bonds is 7. The first-order valence-electron chi connectivity index (χ1n) is 12.2. The molecule has 1 aliphatic heterocycles. The van der Waals surface area contributed by atoms with Crippen molar-refractivity contribution in [3.63, 3.8) is 0 Å². The minimum absolute atomic E-state index is 0.0308. The van der Waals surface area contributed by atoms with Gasteiger partial charge in [-0.05, 0) is 68.8 Å². The molecular weight excluding hydrogens is 410 g/mol. The summed E-state index contributed by atoms with van der Waals surface area (Å²) >= 11 is 0. The summed E-state index contributed by atoms with van der Waals surface area (Å²) < 4.78 is 0. The second-order valence-corrected chi connectivity index (χ2v) is 9.95. The van der Waals surface area contributed by atoms with Gasteiger partial charge >= 0.3 is 0 Å². The van der Waals surface area contributed by atoms with Crippen molar-refractivity contribution < 1.29 is 4.79 Å². The van der Waals surface area contributed by atoms with Crippen LogP contribution < -0.4 is 5.32 Å². The molecule has 3 aromatic rings. The fourth-order valence-electron chi connectivity index (χ4n) is 4.95. The van der Waals surface area contributed by atoms with Crippen LogP contribution in [0.2, 0.25) is 0 Å². The number of carbonyl (C=O) groups is 1. The van der Waals surface area contributed by atoms with Gasteiger partial charge in [0, 0.05) is 49.8 Å². The fourth-order valence-corrected chi connectivity index (χ4v) is 4.95. The zero-order chi connectivity index (χ0) is 22.9. The van der Waals surface area contributed by atoms with Crippen LogP contribution in [0.5, 0.6) is 0 Å².